The lowest BCUT2D eigenvalue weighted by molar-refractivity contribution is 0.324. The van der Waals surface area contributed by atoms with Crippen LogP contribution in [0.5, 0.6) is 23.0 Å². The molecule has 0 radical (unpaired) electrons. The van der Waals surface area contributed by atoms with Gasteiger partial charge in [-0.25, -0.2) is 0 Å². The third-order valence-corrected chi connectivity index (χ3v) is 3.67. The zero-order valence-corrected chi connectivity index (χ0v) is 14.4. The average Bonchev–Trinajstić information content (AvgIpc) is 3.17. The Morgan fingerprint density at radius 1 is 0.800 bits per heavy atom. The molecule has 0 bridgehead atoms. The molecule has 2 aromatic carbocycles. The van der Waals surface area contributed by atoms with Crippen LogP contribution in [-0.4, -0.2) is 38.6 Å². The normalized spacial score (nSPS) is 10.4. The number of ether oxygens (including phenoxy) is 4. The van der Waals surface area contributed by atoms with E-state index >= 15 is 0 Å². The van der Waals surface area contributed by atoms with Crippen molar-refractivity contribution in [3.8, 4) is 45.8 Å². The molecule has 130 valence electrons. The fourth-order valence-electron chi connectivity index (χ4n) is 2.42. The second kappa shape index (κ2) is 7.12. The Hall–Kier alpha value is -3.22. The van der Waals surface area contributed by atoms with Crippen molar-refractivity contribution in [1.29, 1.82) is 0 Å². The van der Waals surface area contributed by atoms with Crippen molar-refractivity contribution in [2.75, 3.05) is 28.4 Å². The molecular weight excluding hydrogens is 324 g/mol. The van der Waals surface area contributed by atoms with Crippen LogP contribution in [0, 0.1) is 0 Å². The lowest BCUT2D eigenvalue weighted by Crippen LogP contribution is -1.96. The highest BCUT2D eigenvalue weighted by molar-refractivity contribution is 5.68. The Labute approximate surface area is 145 Å². The number of benzene rings is 2. The number of rotatable bonds is 6. The van der Waals surface area contributed by atoms with Gasteiger partial charge in [0.05, 0.1) is 28.4 Å². The van der Waals surface area contributed by atoms with Crippen molar-refractivity contribution in [2.45, 2.75) is 0 Å². The highest BCUT2D eigenvalue weighted by Crippen LogP contribution is 2.40. The van der Waals surface area contributed by atoms with E-state index in [2.05, 4.69) is 10.1 Å². The van der Waals surface area contributed by atoms with Crippen molar-refractivity contribution in [3.05, 3.63) is 36.4 Å². The molecule has 0 saturated carbocycles. The van der Waals surface area contributed by atoms with E-state index in [4.69, 9.17) is 23.5 Å². The molecule has 0 saturated heterocycles. The summed E-state index contributed by atoms with van der Waals surface area (Å²) in [6.07, 6.45) is 0. The average molecular weight is 342 g/mol. The van der Waals surface area contributed by atoms with E-state index in [-0.39, 0.29) is 0 Å². The molecule has 0 aliphatic rings. The van der Waals surface area contributed by atoms with Gasteiger partial charge in [0.25, 0.3) is 5.89 Å². The topological polar surface area (TPSA) is 75.8 Å². The van der Waals surface area contributed by atoms with E-state index < -0.39 is 0 Å². The van der Waals surface area contributed by atoms with Gasteiger partial charge in [0.1, 0.15) is 5.75 Å². The summed E-state index contributed by atoms with van der Waals surface area (Å²) in [5.41, 5.74) is 1.46. The van der Waals surface area contributed by atoms with Gasteiger partial charge in [0.2, 0.25) is 11.6 Å². The molecule has 7 nitrogen and oxygen atoms in total. The number of methoxy groups -OCH3 is 4. The van der Waals surface area contributed by atoms with Crippen molar-refractivity contribution in [1.82, 2.24) is 10.1 Å². The van der Waals surface area contributed by atoms with Gasteiger partial charge in [-0.2, -0.15) is 4.98 Å². The SMILES string of the molecule is COc1cccc(-c2nc(-c3cc(OC)c(OC)c(OC)c3)no2)c1. The number of hydrogen-bond acceptors (Lipinski definition) is 7. The Morgan fingerprint density at radius 2 is 1.52 bits per heavy atom. The Morgan fingerprint density at radius 3 is 2.12 bits per heavy atom. The molecule has 0 aliphatic carbocycles. The zero-order chi connectivity index (χ0) is 17.8. The third kappa shape index (κ3) is 3.21. The molecule has 25 heavy (non-hydrogen) atoms. The molecule has 0 unspecified atom stereocenters. The first-order chi connectivity index (χ1) is 12.2. The van der Waals surface area contributed by atoms with Crippen LogP contribution in [-0.2, 0) is 0 Å². The molecular formula is C18H18N2O5. The fraction of sp³-hybridized carbons (Fsp3) is 0.222. The Kier molecular flexibility index (Phi) is 4.74. The van der Waals surface area contributed by atoms with Crippen LogP contribution in [0.2, 0.25) is 0 Å². The first-order valence-electron chi connectivity index (χ1n) is 7.48. The predicted molar refractivity (Wildman–Crippen MR) is 91.4 cm³/mol. The van der Waals surface area contributed by atoms with Gasteiger partial charge < -0.3 is 23.5 Å². The van der Waals surface area contributed by atoms with E-state index in [1.807, 2.05) is 24.3 Å². The second-order valence-electron chi connectivity index (χ2n) is 5.07. The van der Waals surface area contributed by atoms with Crippen molar-refractivity contribution in [3.63, 3.8) is 0 Å². The summed E-state index contributed by atoms with van der Waals surface area (Å²) in [4.78, 5) is 4.45. The van der Waals surface area contributed by atoms with E-state index in [1.54, 1.807) is 40.6 Å². The molecule has 1 heterocycles. The summed E-state index contributed by atoms with van der Waals surface area (Å²) in [5, 5.41) is 4.05. The van der Waals surface area contributed by atoms with Crippen LogP contribution in [0.3, 0.4) is 0 Å². The number of hydrogen-bond donors (Lipinski definition) is 0. The van der Waals surface area contributed by atoms with Crippen molar-refractivity contribution < 1.29 is 23.5 Å². The summed E-state index contributed by atoms with van der Waals surface area (Å²) in [6.45, 7) is 0. The zero-order valence-electron chi connectivity index (χ0n) is 14.4. The number of nitrogens with zero attached hydrogens (tertiary/aromatic N) is 2. The smallest absolute Gasteiger partial charge is 0.258 e. The summed E-state index contributed by atoms with van der Waals surface area (Å²) in [6, 6.07) is 10.9. The van der Waals surface area contributed by atoms with E-state index in [1.165, 1.54) is 0 Å². The number of aromatic nitrogens is 2. The third-order valence-electron chi connectivity index (χ3n) is 3.67. The largest absolute Gasteiger partial charge is 0.497 e. The molecule has 0 aliphatic heterocycles. The minimum atomic E-state index is 0.391. The minimum absolute atomic E-state index is 0.391. The van der Waals surface area contributed by atoms with Crippen LogP contribution in [0.15, 0.2) is 40.9 Å². The van der Waals surface area contributed by atoms with Gasteiger partial charge in [0, 0.05) is 11.1 Å². The standard InChI is InChI=1S/C18H18N2O5/c1-21-13-7-5-6-11(8-13)18-19-17(20-25-18)12-9-14(22-2)16(24-4)15(10-12)23-3/h5-10H,1-4H3. The van der Waals surface area contributed by atoms with Crippen LogP contribution < -0.4 is 18.9 Å². The summed E-state index contributed by atoms with van der Waals surface area (Å²) >= 11 is 0. The summed E-state index contributed by atoms with van der Waals surface area (Å²) in [5.74, 6) is 3.06. The van der Waals surface area contributed by atoms with Gasteiger partial charge in [-0.1, -0.05) is 11.2 Å². The van der Waals surface area contributed by atoms with Gasteiger partial charge >= 0.3 is 0 Å². The lowest BCUT2D eigenvalue weighted by Gasteiger charge is -2.12. The van der Waals surface area contributed by atoms with Crippen molar-refractivity contribution >= 4 is 0 Å². The lowest BCUT2D eigenvalue weighted by atomic mass is 10.1. The molecule has 3 rings (SSSR count). The quantitative estimate of drug-likeness (QED) is 0.679. The Bertz CT molecular complexity index is 850. The molecule has 7 heteroatoms. The maximum absolute atomic E-state index is 5.38. The highest BCUT2D eigenvalue weighted by Gasteiger charge is 2.18. The summed E-state index contributed by atoms with van der Waals surface area (Å²) < 4.78 is 26.6. The van der Waals surface area contributed by atoms with Crippen LogP contribution in [0.25, 0.3) is 22.8 Å². The molecule has 0 atom stereocenters. The maximum atomic E-state index is 5.38. The Balaban J connectivity index is 2.02. The van der Waals surface area contributed by atoms with Gasteiger partial charge in [0.15, 0.2) is 11.5 Å². The van der Waals surface area contributed by atoms with Gasteiger partial charge in [-0.05, 0) is 30.3 Å². The fourth-order valence-corrected chi connectivity index (χ4v) is 2.42. The molecule has 1 aromatic heterocycles. The predicted octanol–water partition coefficient (Wildman–Crippen LogP) is 3.44. The first kappa shape index (κ1) is 16.6. The van der Waals surface area contributed by atoms with Crippen LogP contribution in [0.4, 0.5) is 0 Å². The highest BCUT2D eigenvalue weighted by atomic mass is 16.5. The van der Waals surface area contributed by atoms with Gasteiger partial charge in [-0.15, -0.1) is 0 Å². The summed E-state index contributed by atoms with van der Waals surface area (Å²) in [7, 11) is 6.27. The monoisotopic (exact) mass is 342 g/mol. The van der Waals surface area contributed by atoms with E-state index in [0.717, 1.165) is 5.56 Å². The second-order valence-corrected chi connectivity index (χ2v) is 5.07. The van der Waals surface area contributed by atoms with Crippen LogP contribution in [0.1, 0.15) is 0 Å². The molecule has 0 amide bonds. The van der Waals surface area contributed by atoms with E-state index in [0.29, 0.717) is 40.3 Å². The van der Waals surface area contributed by atoms with Crippen LogP contribution >= 0.6 is 0 Å². The molecule has 0 N–H and O–H groups in total. The van der Waals surface area contributed by atoms with Crippen molar-refractivity contribution in [2.24, 2.45) is 0 Å². The molecule has 0 spiro atoms. The first-order valence-corrected chi connectivity index (χ1v) is 7.48. The maximum Gasteiger partial charge on any atom is 0.258 e. The molecule has 0 fully saturated rings. The minimum Gasteiger partial charge on any atom is -0.497 e. The van der Waals surface area contributed by atoms with E-state index in [9.17, 15) is 0 Å². The van der Waals surface area contributed by atoms with Gasteiger partial charge in [-0.3, -0.25) is 0 Å². The molecule has 3 aromatic rings.